The zero-order valence-electron chi connectivity index (χ0n) is 12.0. The van der Waals surface area contributed by atoms with Gasteiger partial charge in [-0.15, -0.1) is 17.5 Å². The average Bonchev–Trinajstić information content (AvgIpc) is 2.96. The van der Waals surface area contributed by atoms with E-state index in [1.165, 1.54) is 0 Å². The number of ether oxygens (including phenoxy) is 1. The van der Waals surface area contributed by atoms with Crippen molar-refractivity contribution in [2.24, 2.45) is 5.73 Å². The van der Waals surface area contributed by atoms with Gasteiger partial charge in [0.1, 0.15) is 5.75 Å². The summed E-state index contributed by atoms with van der Waals surface area (Å²) in [6, 6.07) is 7.46. The molecule has 23 heavy (non-hydrogen) atoms. The summed E-state index contributed by atoms with van der Waals surface area (Å²) in [7, 11) is 0. The van der Waals surface area contributed by atoms with Crippen LogP contribution >= 0.6 is 24.2 Å². The van der Waals surface area contributed by atoms with E-state index in [4.69, 9.17) is 10.5 Å². The SMILES string of the molecule is Cl.NCc1cccc(OCCCSc2n[nH]c(C(F)(F)F)n2)c1. The van der Waals surface area contributed by atoms with Crippen LogP contribution in [-0.2, 0) is 12.7 Å². The van der Waals surface area contributed by atoms with Crippen LogP contribution in [0.1, 0.15) is 17.8 Å². The van der Waals surface area contributed by atoms with Crippen molar-refractivity contribution in [3.8, 4) is 5.75 Å². The number of halogens is 4. The monoisotopic (exact) mass is 368 g/mol. The Labute approximate surface area is 141 Å². The molecule has 2 rings (SSSR count). The average molecular weight is 369 g/mol. The lowest BCUT2D eigenvalue weighted by Gasteiger charge is -2.06. The number of rotatable bonds is 7. The Morgan fingerprint density at radius 3 is 2.74 bits per heavy atom. The molecule has 0 aliphatic carbocycles. The first-order valence-corrected chi connectivity index (χ1v) is 7.52. The highest BCUT2D eigenvalue weighted by atomic mass is 35.5. The van der Waals surface area contributed by atoms with Crippen LogP contribution < -0.4 is 10.5 Å². The van der Waals surface area contributed by atoms with Crippen LogP contribution in [-0.4, -0.2) is 27.5 Å². The first-order valence-electron chi connectivity index (χ1n) is 6.53. The maximum absolute atomic E-state index is 12.3. The second kappa shape index (κ2) is 8.99. The van der Waals surface area contributed by atoms with Gasteiger partial charge in [-0.1, -0.05) is 23.9 Å². The molecular formula is C13H16ClF3N4OS. The molecule has 10 heteroatoms. The van der Waals surface area contributed by atoms with Crippen LogP contribution in [0.25, 0.3) is 0 Å². The highest BCUT2D eigenvalue weighted by molar-refractivity contribution is 7.99. The van der Waals surface area contributed by atoms with E-state index in [0.29, 0.717) is 25.3 Å². The van der Waals surface area contributed by atoms with Gasteiger partial charge in [-0.2, -0.15) is 18.2 Å². The molecule has 2 aromatic rings. The fourth-order valence-electron chi connectivity index (χ4n) is 1.61. The molecule has 0 aliphatic rings. The quantitative estimate of drug-likeness (QED) is 0.579. The van der Waals surface area contributed by atoms with Gasteiger partial charge in [0, 0.05) is 12.3 Å². The normalized spacial score (nSPS) is 11.1. The summed E-state index contributed by atoms with van der Waals surface area (Å²) >= 11 is 1.15. The van der Waals surface area contributed by atoms with E-state index in [2.05, 4.69) is 10.1 Å². The predicted molar refractivity (Wildman–Crippen MR) is 83.8 cm³/mol. The Hall–Kier alpha value is -1.45. The molecule has 0 spiro atoms. The Balaban J connectivity index is 0.00000264. The number of nitrogens with zero attached hydrogens (tertiary/aromatic N) is 2. The summed E-state index contributed by atoms with van der Waals surface area (Å²) < 4.78 is 42.5. The van der Waals surface area contributed by atoms with Gasteiger partial charge in [0.05, 0.1) is 6.61 Å². The molecule has 0 amide bonds. The van der Waals surface area contributed by atoms with Gasteiger partial charge in [0.25, 0.3) is 0 Å². The highest BCUT2D eigenvalue weighted by Gasteiger charge is 2.35. The van der Waals surface area contributed by atoms with Crippen LogP contribution in [0, 0.1) is 0 Å². The number of benzene rings is 1. The van der Waals surface area contributed by atoms with Gasteiger partial charge in [-0.3, -0.25) is 5.10 Å². The molecule has 3 N–H and O–H groups in total. The van der Waals surface area contributed by atoms with Gasteiger partial charge in [-0.05, 0) is 24.1 Å². The molecular weight excluding hydrogens is 353 g/mol. The van der Waals surface area contributed by atoms with Crippen LogP contribution in [0.15, 0.2) is 29.4 Å². The molecule has 0 aliphatic heterocycles. The summed E-state index contributed by atoms with van der Waals surface area (Å²) in [6.45, 7) is 0.900. The number of H-pyrrole nitrogens is 1. The highest BCUT2D eigenvalue weighted by Crippen LogP contribution is 2.27. The van der Waals surface area contributed by atoms with Crippen LogP contribution in [0.3, 0.4) is 0 Å². The molecule has 1 aromatic heterocycles. The van der Waals surface area contributed by atoms with E-state index in [0.717, 1.165) is 23.1 Å². The molecule has 128 valence electrons. The van der Waals surface area contributed by atoms with Crippen molar-refractivity contribution >= 4 is 24.2 Å². The molecule has 0 bridgehead atoms. The molecule has 0 radical (unpaired) electrons. The summed E-state index contributed by atoms with van der Waals surface area (Å²) in [5.74, 6) is 0.209. The van der Waals surface area contributed by atoms with E-state index < -0.39 is 12.0 Å². The molecule has 0 atom stereocenters. The number of hydrogen-bond donors (Lipinski definition) is 2. The number of aromatic nitrogens is 3. The van der Waals surface area contributed by atoms with E-state index in [1.54, 1.807) is 0 Å². The van der Waals surface area contributed by atoms with Crippen LogP contribution in [0.2, 0.25) is 0 Å². The smallest absolute Gasteiger partial charge is 0.451 e. The minimum atomic E-state index is -4.50. The largest absolute Gasteiger partial charge is 0.494 e. The molecule has 0 unspecified atom stereocenters. The van der Waals surface area contributed by atoms with Crippen molar-refractivity contribution in [2.75, 3.05) is 12.4 Å². The van der Waals surface area contributed by atoms with Crippen LogP contribution in [0.5, 0.6) is 5.75 Å². The van der Waals surface area contributed by atoms with Crippen molar-refractivity contribution < 1.29 is 17.9 Å². The summed E-state index contributed by atoms with van der Waals surface area (Å²) in [5.41, 5.74) is 6.52. The van der Waals surface area contributed by atoms with E-state index in [-0.39, 0.29) is 17.6 Å². The number of nitrogens with one attached hydrogen (secondary N) is 1. The van der Waals surface area contributed by atoms with E-state index in [9.17, 15) is 13.2 Å². The fourth-order valence-corrected chi connectivity index (χ4v) is 2.32. The number of aromatic amines is 1. The molecule has 1 heterocycles. The van der Waals surface area contributed by atoms with E-state index >= 15 is 0 Å². The zero-order chi connectivity index (χ0) is 16.0. The lowest BCUT2D eigenvalue weighted by Crippen LogP contribution is -2.07. The van der Waals surface area contributed by atoms with Crippen molar-refractivity contribution in [3.63, 3.8) is 0 Å². The summed E-state index contributed by atoms with van der Waals surface area (Å²) in [6.07, 6.45) is -3.84. The maximum Gasteiger partial charge on any atom is 0.451 e. The first-order chi connectivity index (χ1) is 10.5. The number of thioether (sulfide) groups is 1. The molecule has 5 nitrogen and oxygen atoms in total. The zero-order valence-corrected chi connectivity index (χ0v) is 13.6. The second-order valence-electron chi connectivity index (χ2n) is 4.37. The third-order valence-electron chi connectivity index (χ3n) is 2.66. The summed E-state index contributed by atoms with van der Waals surface area (Å²) in [4.78, 5) is 3.38. The van der Waals surface area contributed by atoms with Gasteiger partial charge >= 0.3 is 6.18 Å². The standard InChI is InChI=1S/C13H15F3N4OS.ClH/c14-13(15,16)11-18-12(20-19-11)22-6-2-5-21-10-4-1-3-9(7-10)8-17;/h1,3-4,7H,2,5-6,8,17H2,(H,18,19,20);1H. The molecule has 0 saturated heterocycles. The van der Waals surface area contributed by atoms with E-state index in [1.807, 2.05) is 29.4 Å². The maximum atomic E-state index is 12.3. The van der Waals surface area contributed by atoms with Crippen molar-refractivity contribution in [1.82, 2.24) is 15.2 Å². The van der Waals surface area contributed by atoms with Crippen molar-refractivity contribution in [2.45, 2.75) is 24.3 Å². The lowest BCUT2D eigenvalue weighted by molar-refractivity contribution is -0.144. The first kappa shape index (κ1) is 19.6. The van der Waals surface area contributed by atoms with Gasteiger partial charge < -0.3 is 10.5 Å². The molecule has 1 aromatic carbocycles. The number of alkyl halides is 3. The Bertz CT molecular complexity index is 609. The number of hydrogen-bond acceptors (Lipinski definition) is 5. The predicted octanol–water partition coefficient (Wildman–Crippen LogP) is 3.27. The topological polar surface area (TPSA) is 76.8 Å². The third-order valence-corrected chi connectivity index (χ3v) is 3.59. The minimum Gasteiger partial charge on any atom is -0.494 e. The van der Waals surface area contributed by atoms with Gasteiger partial charge in [-0.25, -0.2) is 0 Å². The molecule has 0 fully saturated rings. The van der Waals surface area contributed by atoms with Crippen LogP contribution in [0.4, 0.5) is 13.2 Å². The van der Waals surface area contributed by atoms with Gasteiger partial charge in [0.15, 0.2) is 0 Å². The third kappa shape index (κ3) is 6.28. The second-order valence-corrected chi connectivity index (χ2v) is 5.43. The lowest BCUT2D eigenvalue weighted by atomic mass is 10.2. The van der Waals surface area contributed by atoms with Gasteiger partial charge in [0.2, 0.25) is 11.0 Å². The van der Waals surface area contributed by atoms with Crippen molar-refractivity contribution in [3.05, 3.63) is 35.7 Å². The summed E-state index contributed by atoms with van der Waals surface area (Å²) in [5, 5.41) is 5.47. The fraction of sp³-hybridized carbons (Fsp3) is 0.385. The Morgan fingerprint density at radius 2 is 2.09 bits per heavy atom. The Kier molecular flexibility index (Phi) is 7.66. The molecule has 0 saturated carbocycles. The minimum absolute atomic E-state index is 0. The van der Waals surface area contributed by atoms with Crippen molar-refractivity contribution in [1.29, 1.82) is 0 Å². The number of nitrogens with two attached hydrogens (primary N) is 1. The Morgan fingerprint density at radius 1 is 1.30 bits per heavy atom.